The van der Waals surface area contributed by atoms with E-state index in [1.165, 1.54) is 43.4 Å². The van der Waals surface area contributed by atoms with Crippen molar-refractivity contribution in [3.8, 4) is 0 Å². The largest absolute Gasteiger partial charge is 0.339 e. The van der Waals surface area contributed by atoms with E-state index in [-0.39, 0.29) is 11.8 Å². The van der Waals surface area contributed by atoms with Gasteiger partial charge in [-0.2, -0.15) is 0 Å². The number of piperidine rings is 2. The number of carbonyl (C=O) groups excluding carboxylic acids is 2. The summed E-state index contributed by atoms with van der Waals surface area (Å²) in [4.78, 5) is 31.8. The van der Waals surface area contributed by atoms with Crippen molar-refractivity contribution in [2.45, 2.75) is 57.4 Å². The maximum atomic E-state index is 13.4. The summed E-state index contributed by atoms with van der Waals surface area (Å²) in [6, 6.07) is 10.1. The summed E-state index contributed by atoms with van der Waals surface area (Å²) in [6.07, 6.45) is 11.9. The third-order valence-corrected chi connectivity index (χ3v) is 9.17. The Labute approximate surface area is 190 Å². The lowest BCUT2D eigenvalue weighted by molar-refractivity contribution is -0.139. The van der Waals surface area contributed by atoms with Crippen LogP contribution in [0.5, 0.6) is 0 Å². The lowest BCUT2D eigenvalue weighted by Crippen LogP contribution is -2.51. The topological polar surface area (TPSA) is 40.6 Å². The van der Waals surface area contributed by atoms with Gasteiger partial charge in [0.15, 0.2) is 0 Å². The second-order valence-corrected chi connectivity index (χ2v) is 10.8. The lowest BCUT2D eigenvalue weighted by Gasteiger charge is -2.44. The van der Waals surface area contributed by atoms with E-state index in [9.17, 15) is 9.59 Å². The minimum absolute atomic E-state index is 0.0599. The molecular formula is C26H34N2O2S. The number of fused-ring (bicyclic) bond motifs is 1. The Morgan fingerprint density at radius 3 is 2.42 bits per heavy atom. The maximum Gasteiger partial charge on any atom is 0.253 e. The molecule has 0 bridgehead atoms. The molecule has 3 unspecified atom stereocenters. The lowest BCUT2D eigenvalue weighted by atomic mass is 9.78. The fourth-order valence-electron chi connectivity index (χ4n) is 6.12. The highest BCUT2D eigenvalue weighted by atomic mass is 32.2. The molecule has 31 heavy (non-hydrogen) atoms. The third-order valence-electron chi connectivity index (χ3n) is 7.84. The number of carbonyl (C=O) groups is 2. The van der Waals surface area contributed by atoms with E-state index < -0.39 is 0 Å². The highest BCUT2D eigenvalue weighted by Crippen LogP contribution is 2.42. The summed E-state index contributed by atoms with van der Waals surface area (Å²) < 4.78 is 0. The molecule has 4 nitrogen and oxygen atoms in total. The Bertz CT molecular complexity index is 829. The molecule has 166 valence electrons. The van der Waals surface area contributed by atoms with Crippen LogP contribution in [0.3, 0.4) is 0 Å². The van der Waals surface area contributed by atoms with Crippen LogP contribution >= 0.6 is 11.8 Å². The molecule has 3 atom stereocenters. The predicted octanol–water partition coefficient (Wildman–Crippen LogP) is 4.97. The van der Waals surface area contributed by atoms with Crippen molar-refractivity contribution in [3.05, 3.63) is 46.9 Å². The zero-order valence-electron chi connectivity index (χ0n) is 18.4. The van der Waals surface area contributed by atoms with Crippen LogP contribution in [0.1, 0.15) is 61.7 Å². The fraction of sp³-hybridized carbons (Fsp3) is 0.615. The van der Waals surface area contributed by atoms with Gasteiger partial charge in [0.1, 0.15) is 0 Å². The highest BCUT2D eigenvalue weighted by Gasteiger charge is 2.39. The molecule has 3 heterocycles. The third kappa shape index (κ3) is 4.44. The molecular weight excluding hydrogens is 404 g/mol. The molecule has 0 N–H and O–H groups in total. The quantitative estimate of drug-likeness (QED) is 0.669. The van der Waals surface area contributed by atoms with Crippen molar-refractivity contribution >= 4 is 23.6 Å². The first kappa shape index (κ1) is 21.1. The summed E-state index contributed by atoms with van der Waals surface area (Å²) in [5.74, 6) is 2.75. The van der Waals surface area contributed by atoms with Crippen LogP contribution in [0.15, 0.2) is 41.3 Å². The smallest absolute Gasteiger partial charge is 0.253 e. The van der Waals surface area contributed by atoms with Crippen LogP contribution in [0.4, 0.5) is 0 Å². The van der Waals surface area contributed by atoms with Crippen molar-refractivity contribution < 1.29 is 9.59 Å². The van der Waals surface area contributed by atoms with Crippen LogP contribution in [-0.4, -0.2) is 53.0 Å². The average Bonchev–Trinajstić information content (AvgIpc) is 3.34. The van der Waals surface area contributed by atoms with Gasteiger partial charge in [0.2, 0.25) is 5.91 Å². The molecule has 1 aliphatic carbocycles. The molecule has 4 aliphatic rings. The Balaban J connectivity index is 1.18. The highest BCUT2D eigenvalue weighted by molar-refractivity contribution is 8.03. The van der Waals surface area contributed by atoms with Crippen LogP contribution in [-0.2, 0) is 4.79 Å². The molecule has 1 aromatic rings. The van der Waals surface area contributed by atoms with Gasteiger partial charge in [-0.3, -0.25) is 9.59 Å². The van der Waals surface area contributed by atoms with E-state index >= 15 is 0 Å². The van der Waals surface area contributed by atoms with Crippen LogP contribution in [0.25, 0.3) is 0 Å². The van der Waals surface area contributed by atoms with Gasteiger partial charge in [0.25, 0.3) is 5.91 Å². The predicted molar refractivity (Wildman–Crippen MR) is 126 cm³/mol. The number of thioether (sulfide) groups is 1. The molecule has 0 spiro atoms. The van der Waals surface area contributed by atoms with E-state index in [0.29, 0.717) is 17.9 Å². The average molecular weight is 439 g/mol. The van der Waals surface area contributed by atoms with Crippen LogP contribution < -0.4 is 0 Å². The van der Waals surface area contributed by atoms with Crippen LogP contribution in [0.2, 0.25) is 0 Å². The van der Waals surface area contributed by atoms with Crippen molar-refractivity contribution in [1.82, 2.24) is 9.80 Å². The number of likely N-dealkylation sites (tertiary alicyclic amines) is 2. The van der Waals surface area contributed by atoms with Gasteiger partial charge < -0.3 is 9.80 Å². The van der Waals surface area contributed by atoms with Crippen LogP contribution in [0, 0.1) is 17.8 Å². The van der Waals surface area contributed by atoms with Gasteiger partial charge in [-0.25, -0.2) is 0 Å². The Morgan fingerprint density at radius 2 is 1.61 bits per heavy atom. The molecule has 2 amide bonds. The van der Waals surface area contributed by atoms with Gasteiger partial charge in [-0.15, -0.1) is 11.8 Å². The molecule has 3 aliphatic heterocycles. The van der Waals surface area contributed by atoms with Crippen molar-refractivity contribution in [2.24, 2.45) is 17.8 Å². The molecule has 5 heteroatoms. The van der Waals surface area contributed by atoms with E-state index in [1.807, 2.05) is 47.0 Å². The first-order valence-electron chi connectivity index (χ1n) is 12.2. The second kappa shape index (κ2) is 9.40. The first-order valence-corrected chi connectivity index (χ1v) is 13.2. The van der Waals surface area contributed by atoms with E-state index in [4.69, 9.17) is 0 Å². The first-order chi connectivity index (χ1) is 15.2. The van der Waals surface area contributed by atoms with Gasteiger partial charge >= 0.3 is 0 Å². The number of nitrogens with zero attached hydrogens (tertiary/aromatic N) is 2. The minimum Gasteiger partial charge on any atom is -0.339 e. The summed E-state index contributed by atoms with van der Waals surface area (Å²) in [5.41, 5.74) is 0.781. The van der Waals surface area contributed by atoms with E-state index in [0.717, 1.165) is 49.7 Å². The monoisotopic (exact) mass is 438 g/mol. The standard InChI is InChI=1S/C26H34N2O2S/c29-25(21-8-2-1-3-9-21)27-15-12-20(13-16-27)24-17-22(18-31-24)26(30)28-14-6-10-19-7-4-5-11-23(19)28/h1-3,8-9,17,19-20,22-23H,4-7,10-16,18H2. The molecule has 1 aromatic carbocycles. The fourth-order valence-corrected chi connectivity index (χ4v) is 7.46. The number of hydrogen-bond acceptors (Lipinski definition) is 3. The van der Waals surface area contributed by atoms with Gasteiger partial charge in [0, 0.05) is 37.0 Å². The number of rotatable bonds is 3. The Kier molecular flexibility index (Phi) is 6.40. The summed E-state index contributed by atoms with van der Waals surface area (Å²) in [5, 5.41) is 0. The van der Waals surface area contributed by atoms with Crippen molar-refractivity contribution in [1.29, 1.82) is 0 Å². The second-order valence-electron chi connectivity index (χ2n) is 9.70. The summed E-state index contributed by atoms with van der Waals surface area (Å²) >= 11 is 1.89. The Morgan fingerprint density at radius 1 is 0.871 bits per heavy atom. The van der Waals surface area contributed by atoms with Crippen molar-refractivity contribution in [3.63, 3.8) is 0 Å². The van der Waals surface area contributed by atoms with Crippen molar-refractivity contribution in [2.75, 3.05) is 25.4 Å². The molecule has 2 saturated heterocycles. The molecule has 5 rings (SSSR count). The maximum absolute atomic E-state index is 13.4. The van der Waals surface area contributed by atoms with Gasteiger partial charge in [0.05, 0.1) is 5.92 Å². The van der Waals surface area contributed by atoms with Gasteiger partial charge in [-0.05, 0) is 67.4 Å². The zero-order chi connectivity index (χ0) is 21.2. The number of hydrogen-bond donors (Lipinski definition) is 0. The minimum atomic E-state index is 0.0599. The number of allylic oxidation sites excluding steroid dienone is 1. The molecule has 1 saturated carbocycles. The van der Waals surface area contributed by atoms with E-state index in [2.05, 4.69) is 11.0 Å². The number of amides is 2. The molecule has 3 fully saturated rings. The number of benzene rings is 1. The Hall–Kier alpha value is -1.75. The summed E-state index contributed by atoms with van der Waals surface area (Å²) in [6.45, 7) is 2.58. The molecule has 0 aromatic heterocycles. The van der Waals surface area contributed by atoms with E-state index in [1.54, 1.807) is 0 Å². The summed E-state index contributed by atoms with van der Waals surface area (Å²) in [7, 11) is 0. The normalized spacial score (nSPS) is 29.4. The SMILES string of the molecule is O=C(c1ccccc1)N1CCC(C2=CC(C(=O)N3CCCC4CCCCC43)CS2)CC1. The molecule has 0 radical (unpaired) electrons. The zero-order valence-corrected chi connectivity index (χ0v) is 19.2. The van der Waals surface area contributed by atoms with Gasteiger partial charge in [-0.1, -0.05) is 37.1 Å².